The van der Waals surface area contributed by atoms with Gasteiger partial charge in [0.05, 0.1) is 7.11 Å². The van der Waals surface area contributed by atoms with Gasteiger partial charge in [-0.2, -0.15) is 0 Å². The van der Waals surface area contributed by atoms with E-state index in [1.54, 1.807) is 7.11 Å². The van der Waals surface area contributed by atoms with Crippen molar-refractivity contribution in [1.29, 1.82) is 0 Å². The summed E-state index contributed by atoms with van der Waals surface area (Å²) in [7, 11) is 1.76. The standard InChI is InChI=1S/C14H21NO/c1-10(2)13-7-11-5-4-6-15-9-12(11)8-14(13)16-3/h7-8,10,15H,4-6,9H2,1-3H3. The van der Waals surface area contributed by atoms with Crippen LogP contribution in [0.1, 0.15) is 42.9 Å². The molecule has 0 bridgehead atoms. The smallest absolute Gasteiger partial charge is 0.122 e. The molecule has 0 saturated heterocycles. The predicted octanol–water partition coefficient (Wildman–Crippen LogP) is 2.85. The van der Waals surface area contributed by atoms with Crippen LogP contribution in [-0.4, -0.2) is 13.7 Å². The van der Waals surface area contributed by atoms with Crippen molar-refractivity contribution >= 4 is 0 Å². The Bertz CT molecular complexity index is 371. The maximum atomic E-state index is 5.49. The topological polar surface area (TPSA) is 21.3 Å². The third kappa shape index (κ3) is 2.22. The molecule has 1 aromatic rings. The molecule has 2 nitrogen and oxygen atoms in total. The molecule has 0 unspecified atom stereocenters. The number of rotatable bonds is 2. The van der Waals surface area contributed by atoms with Gasteiger partial charge in [-0.3, -0.25) is 0 Å². The summed E-state index contributed by atoms with van der Waals surface area (Å²) in [5.74, 6) is 1.56. The normalized spacial score (nSPS) is 15.8. The Morgan fingerprint density at radius 2 is 2.06 bits per heavy atom. The first kappa shape index (κ1) is 11.5. The highest BCUT2D eigenvalue weighted by atomic mass is 16.5. The van der Waals surface area contributed by atoms with Gasteiger partial charge in [0.25, 0.3) is 0 Å². The lowest BCUT2D eigenvalue weighted by molar-refractivity contribution is 0.406. The van der Waals surface area contributed by atoms with Crippen molar-refractivity contribution in [3.8, 4) is 5.75 Å². The average molecular weight is 219 g/mol. The number of hydrogen-bond acceptors (Lipinski definition) is 2. The van der Waals surface area contributed by atoms with E-state index in [0.717, 1.165) is 18.8 Å². The molecule has 1 heterocycles. The van der Waals surface area contributed by atoms with Crippen LogP contribution in [0.25, 0.3) is 0 Å². The summed E-state index contributed by atoms with van der Waals surface area (Å²) in [6.45, 7) is 6.54. The second-order valence-corrected chi connectivity index (χ2v) is 4.80. The lowest BCUT2D eigenvalue weighted by Crippen LogP contribution is -2.12. The highest BCUT2D eigenvalue weighted by Gasteiger charge is 2.14. The van der Waals surface area contributed by atoms with Crippen LogP contribution in [0, 0.1) is 0 Å². The minimum Gasteiger partial charge on any atom is -0.496 e. The quantitative estimate of drug-likeness (QED) is 0.826. The number of nitrogens with one attached hydrogen (secondary N) is 1. The van der Waals surface area contributed by atoms with Crippen molar-refractivity contribution in [3.05, 3.63) is 28.8 Å². The molecule has 0 spiro atoms. The summed E-state index contributed by atoms with van der Waals surface area (Å²) >= 11 is 0. The Hall–Kier alpha value is -1.02. The van der Waals surface area contributed by atoms with Gasteiger partial charge in [-0.05, 0) is 48.1 Å². The van der Waals surface area contributed by atoms with Crippen LogP contribution in [0.2, 0.25) is 0 Å². The molecule has 2 heteroatoms. The van der Waals surface area contributed by atoms with Crippen LogP contribution < -0.4 is 10.1 Å². The minimum atomic E-state index is 0.525. The van der Waals surface area contributed by atoms with E-state index in [4.69, 9.17) is 4.74 Å². The predicted molar refractivity (Wildman–Crippen MR) is 67.1 cm³/mol. The lowest BCUT2D eigenvalue weighted by Gasteiger charge is -2.16. The summed E-state index contributed by atoms with van der Waals surface area (Å²) in [6, 6.07) is 4.55. The van der Waals surface area contributed by atoms with E-state index < -0.39 is 0 Å². The van der Waals surface area contributed by atoms with Gasteiger partial charge < -0.3 is 10.1 Å². The van der Waals surface area contributed by atoms with Crippen molar-refractivity contribution in [3.63, 3.8) is 0 Å². The van der Waals surface area contributed by atoms with Gasteiger partial charge in [-0.15, -0.1) is 0 Å². The Balaban J connectivity index is 2.44. The number of methoxy groups -OCH3 is 1. The monoisotopic (exact) mass is 219 g/mol. The van der Waals surface area contributed by atoms with Crippen LogP contribution in [0.4, 0.5) is 0 Å². The highest BCUT2D eigenvalue weighted by Crippen LogP contribution is 2.31. The summed E-state index contributed by atoms with van der Waals surface area (Å²) < 4.78 is 5.49. The SMILES string of the molecule is COc1cc2c(cc1C(C)C)CCCNC2. The average Bonchev–Trinajstić information content (AvgIpc) is 2.51. The lowest BCUT2D eigenvalue weighted by atomic mass is 9.94. The molecule has 0 amide bonds. The summed E-state index contributed by atoms with van der Waals surface area (Å²) in [6.07, 6.45) is 2.42. The summed E-state index contributed by atoms with van der Waals surface area (Å²) in [4.78, 5) is 0. The maximum Gasteiger partial charge on any atom is 0.122 e. The third-order valence-corrected chi connectivity index (χ3v) is 3.29. The van der Waals surface area contributed by atoms with E-state index in [-0.39, 0.29) is 0 Å². The fourth-order valence-corrected chi connectivity index (χ4v) is 2.34. The van der Waals surface area contributed by atoms with E-state index >= 15 is 0 Å². The maximum absolute atomic E-state index is 5.49. The molecular weight excluding hydrogens is 198 g/mol. The zero-order valence-corrected chi connectivity index (χ0v) is 10.5. The van der Waals surface area contributed by atoms with Crippen LogP contribution in [0.3, 0.4) is 0 Å². The van der Waals surface area contributed by atoms with Crippen LogP contribution >= 0.6 is 0 Å². The number of ether oxygens (including phenoxy) is 1. The molecule has 1 aliphatic heterocycles. The Labute approximate surface area is 98.0 Å². The van der Waals surface area contributed by atoms with E-state index in [1.165, 1.54) is 29.5 Å². The van der Waals surface area contributed by atoms with Crippen LogP contribution in [0.5, 0.6) is 5.75 Å². The number of benzene rings is 1. The van der Waals surface area contributed by atoms with E-state index in [1.807, 2.05) is 0 Å². The van der Waals surface area contributed by atoms with Crippen LogP contribution in [0.15, 0.2) is 12.1 Å². The molecule has 1 aliphatic rings. The number of fused-ring (bicyclic) bond motifs is 1. The molecule has 0 radical (unpaired) electrons. The Kier molecular flexibility index (Phi) is 3.49. The van der Waals surface area contributed by atoms with E-state index in [2.05, 4.69) is 31.3 Å². The molecule has 2 rings (SSSR count). The number of aryl methyl sites for hydroxylation is 1. The van der Waals surface area contributed by atoms with E-state index in [0.29, 0.717) is 5.92 Å². The molecule has 0 fully saturated rings. The van der Waals surface area contributed by atoms with Crippen molar-refractivity contribution in [1.82, 2.24) is 5.32 Å². The van der Waals surface area contributed by atoms with Gasteiger partial charge in [0.2, 0.25) is 0 Å². The zero-order chi connectivity index (χ0) is 11.5. The van der Waals surface area contributed by atoms with Crippen LogP contribution in [-0.2, 0) is 13.0 Å². The fourth-order valence-electron chi connectivity index (χ4n) is 2.34. The zero-order valence-electron chi connectivity index (χ0n) is 10.5. The van der Waals surface area contributed by atoms with Gasteiger partial charge in [-0.1, -0.05) is 19.9 Å². The molecule has 88 valence electrons. The Morgan fingerprint density at radius 1 is 1.25 bits per heavy atom. The van der Waals surface area contributed by atoms with Gasteiger partial charge >= 0.3 is 0 Å². The van der Waals surface area contributed by atoms with E-state index in [9.17, 15) is 0 Å². The first-order chi connectivity index (χ1) is 7.72. The largest absolute Gasteiger partial charge is 0.496 e. The van der Waals surface area contributed by atoms with Gasteiger partial charge in [0.1, 0.15) is 5.75 Å². The summed E-state index contributed by atoms with van der Waals surface area (Å²) in [5, 5.41) is 3.45. The second kappa shape index (κ2) is 4.88. The minimum absolute atomic E-state index is 0.525. The summed E-state index contributed by atoms with van der Waals surface area (Å²) in [5.41, 5.74) is 4.23. The van der Waals surface area contributed by atoms with Gasteiger partial charge in [-0.25, -0.2) is 0 Å². The fraction of sp³-hybridized carbons (Fsp3) is 0.571. The third-order valence-electron chi connectivity index (χ3n) is 3.29. The van der Waals surface area contributed by atoms with Crippen molar-refractivity contribution in [2.75, 3.05) is 13.7 Å². The first-order valence-corrected chi connectivity index (χ1v) is 6.12. The second-order valence-electron chi connectivity index (χ2n) is 4.80. The highest BCUT2D eigenvalue weighted by molar-refractivity contribution is 5.44. The number of hydrogen-bond donors (Lipinski definition) is 1. The van der Waals surface area contributed by atoms with Crippen molar-refractivity contribution < 1.29 is 4.74 Å². The Morgan fingerprint density at radius 3 is 2.75 bits per heavy atom. The molecule has 0 aromatic heterocycles. The van der Waals surface area contributed by atoms with Crippen molar-refractivity contribution in [2.45, 2.75) is 39.2 Å². The molecule has 0 atom stereocenters. The molecular formula is C14H21NO. The molecule has 0 aliphatic carbocycles. The van der Waals surface area contributed by atoms with Crippen molar-refractivity contribution in [2.24, 2.45) is 0 Å². The molecule has 0 saturated carbocycles. The molecule has 1 aromatic carbocycles. The first-order valence-electron chi connectivity index (χ1n) is 6.12. The molecule has 1 N–H and O–H groups in total. The van der Waals surface area contributed by atoms with Gasteiger partial charge in [0.15, 0.2) is 0 Å². The van der Waals surface area contributed by atoms with Gasteiger partial charge in [0, 0.05) is 6.54 Å². The molecule has 16 heavy (non-hydrogen) atoms.